The Bertz CT molecular complexity index is 753. The molecule has 3 rings (SSSR count). The number of benzene rings is 1. The molecule has 7 nitrogen and oxygen atoms in total. The number of hydrogen-bond acceptors (Lipinski definition) is 6. The number of carbonyl (C=O) groups is 2. The molecule has 0 aliphatic carbocycles. The first-order chi connectivity index (χ1) is 11.0. The summed E-state index contributed by atoms with van der Waals surface area (Å²) in [4.78, 5) is 24.1. The highest BCUT2D eigenvalue weighted by atomic mass is 16.5. The fourth-order valence-electron chi connectivity index (χ4n) is 2.23. The van der Waals surface area contributed by atoms with E-state index < -0.39 is 18.0 Å². The molecular formula is C16H16N2O5. The van der Waals surface area contributed by atoms with Crippen molar-refractivity contribution in [2.75, 3.05) is 5.32 Å². The van der Waals surface area contributed by atoms with Crippen LogP contribution in [0.3, 0.4) is 0 Å². The lowest BCUT2D eigenvalue weighted by Gasteiger charge is -2.12. The molecule has 1 atom stereocenters. The molecule has 0 bridgehead atoms. The zero-order valence-electron chi connectivity index (χ0n) is 12.8. The smallest absolute Gasteiger partial charge is 0.338 e. The predicted octanol–water partition coefficient (Wildman–Crippen LogP) is 2.20. The third-order valence-corrected chi connectivity index (χ3v) is 3.49. The van der Waals surface area contributed by atoms with Gasteiger partial charge in [-0.2, -0.15) is 0 Å². The van der Waals surface area contributed by atoms with E-state index in [9.17, 15) is 9.59 Å². The average molecular weight is 316 g/mol. The van der Waals surface area contributed by atoms with Crippen molar-refractivity contribution < 1.29 is 23.6 Å². The summed E-state index contributed by atoms with van der Waals surface area (Å²) in [5, 5.41) is 6.17. The second-order valence-electron chi connectivity index (χ2n) is 5.34. The Hall–Kier alpha value is -2.67. The first-order valence-corrected chi connectivity index (χ1v) is 7.17. The van der Waals surface area contributed by atoms with Crippen LogP contribution in [0.4, 0.5) is 5.82 Å². The minimum Gasteiger partial charge on any atom is -0.449 e. The summed E-state index contributed by atoms with van der Waals surface area (Å²) >= 11 is 0. The van der Waals surface area contributed by atoms with E-state index >= 15 is 0 Å². The van der Waals surface area contributed by atoms with Crippen LogP contribution in [0.5, 0.6) is 0 Å². The van der Waals surface area contributed by atoms with Gasteiger partial charge in [-0.1, -0.05) is 11.2 Å². The number of carbonyl (C=O) groups excluding carboxylic acids is 2. The summed E-state index contributed by atoms with van der Waals surface area (Å²) in [6.45, 7) is 4.25. The van der Waals surface area contributed by atoms with Gasteiger partial charge in [0.1, 0.15) is 5.76 Å². The molecule has 0 spiro atoms. The quantitative estimate of drug-likeness (QED) is 0.870. The summed E-state index contributed by atoms with van der Waals surface area (Å²) in [6, 6.07) is 6.81. The van der Waals surface area contributed by atoms with E-state index in [-0.39, 0.29) is 5.82 Å². The largest absolute Gasteiger partial charge is 0.449 e. The molecule has 1 aromatic carbocycles. The van der Waals surface area contributed by atoms with Gasteiger partial charge in [0.2, 0.25) is 0 Å². The predicted molar refractivity (Wildman–Crippen MR) is 79.7 cm³/mol. The average Bonchev–Trinajstić information content (AvgIpc) is 3.14. The Kier molecular flexibility index (Phi) is 4.12. The molecule has 1 aliphatic heterocycles. The molecule has 0 fully saturated rings. The first kappa shape index (κ1) is 15.2. The maximum Gasteiger partial charge on any atom is 0.338 e. The number of hydrogen-bond donors (Lipinski definition) is 1. The molecular weight excluding hydrogens is 300 g/mol. The van der Waals surface area contributed by atoms with Crippen molar-refractivity contribution in [3.05, 3.63) is 46.7 Å². The van der Waals surface area contributed by atoms with Gasteiger partial charge < -0.3 is 19.3 Å². The zero-order chi connectivity index (χ0) is 16.4. The summed E-state index contributed by atoms with van der Waals surface area (Å²) in [7, 11) is 0. The van der Waals surface area contributed by atoms with Crippen LogP contribution in [-0.4, -0.2) is 23.1 Å². The Morgan fingerprint density at radius 1 is 1.26 bits per heavy atom. The van der Waals surface area contributed by atoms with Gasteiger partial charge in [0.05, 0.1) is 18.8 Å². The Balaban J connectivity index is 1.61. The van der Waals surface area contributed by atoms with Crippen LogP contribution >= 0.6 is 0 Å². The SMILES string of the molecule is Cc1cc(NC(=O)C(C)OC(=O)c2ccc3c(c2)COC3)no1. The first-order valence-electron chi connectivity index (χ1n) is 7.17. The number of fused-ring (bicyclic) bond motifs is 1. The second kappa shape index (κ2) is 6.21. The summed E-state index contributed by atoms with van der Waals surface area (Å²) in [5.41, 5.74) is 2.43. The monoisotopic (exact) mass is 316 g/mol. The number of nitrogens with one attached hydrogen (secondary N) is 1. The standard InChI is InChI=1S/C16H16N2O5/c1-9-5-14(18-23-9)17-15(19)10(2)22-16(20)11-3-4-12-7-21-8-13(12)6-11/h3-6,10H,7-8H2,1-2H3,(H,17,18,19). The van der Waals surface area contributed by atoms with Crippen LogP contribution in [0.15, 0.2) is 28.8 Å². The van der Waals surface area contributed by atoms with Crippen molar-refractivity contribution in [3.63, 3.8) is 0 Å². The summed E-state index contributed by atoms with van der Waals surface area (Å²) < 4.78 is 15.3. The molecule has 120 valence electrons. The maximum atomic E-state index is 12.1. The van der Waals surface area contributed by atoms with Crippen molar-refractivity contribution in [1.29, 1.82) is 0 Å². The highest BCUT2D eigenvalue weighted by molar-refractivity contribution is 5.96. The van der Waals surface area contributed by atoms with Crippen LogP contribution in [-0.2, 0) is 27.5 Å². The molecule has 1 aromatic heterocycles. The van der Waals surface area contributed by atoms with E-state index in [2.05, 4.69) is 10.5 Å². The molecule has 7 heteroatoms. The fraction of sp³-hybridized carbons (Fsp3) is 0.312. The highest BCUT2D eigenvalue weighted by Crippen LogP contribution is 2.21. The normalized spacial score (nSPS) is 14.2. The lowest BCUT2D eigenvalue weighted by Crippen LogP contribution is -2.30. The van der Waals surface area contributed by atoms with Gasteiger partial charge in [0.15, 0.2) is 11.9 Å². The van der Waals surface area contributed by atoms with Crippen molar-refractivity contribution in [3.8, 4) is 0 Å². The van der Waals surface area contributed by atoms with Crippen LogP contribution in [0.2, 0.25) is 0 Å². The molecule has 0 saturated carbocycles. The lowest BCUT2D eigenvalue weighted by molar-refractivity contribution is -0.123. The van der Waals surface area contributed by atoms with E-state index in [1.807, 2.05) is 6.07 Å². The van der Waals surface area contributed by atoms with Gasteiger partial charge in [0, 0.05) is 6.07 Å². The van der Waals surface area contributed by atoms with Crippen molar-refractivity contribution in [1.82, 2.24) is 5.16 Å². The number of esters is 1. The maximum absolute atomic E-state index is 12.1. The van der Waals surface area contributed by atoms with E-state index in [4.69, 9.17) is 14.0 Å². The Labute approximate surface area is 132 Å². The zero-order valence-corrected chi connectivity index (χ0v) is 12.8. The van der Waals surface area contributed by atoms with E-state index in [0.29, 0.717) is 24.5 Å². The topological polar surface area (TPSA) is 90.7 Å². The van der Waals surface area contributed by atoms with Gasteiger partial charge in [-0.25, -0.2) is 4.79 Å². The number of amides is 1. The van der Waals surface area contributed by atoms with Gasteiger partial charge in [0.25, 0.3) is 5.91 Å². The van der Waals surface area contributed by atoms with Gasteiger partial charge in [-0.05, 0) is 37.1 Å². The number of aromatic nitrogens is 1. The molecule has 2 aromatic rings. The number of aryl methyl sites for hydroxylation is 1. The molecule has 0 radical (unpaired) electrons. The fourth-order valence-corrected chi connectivity index (χ4v) is 2.23. The van der Waals surface area contributed by atoms with E-state index in [1.54, 1.807) is 25.1 Å². The summed E-state index contributed by atoms with van der Waals surface area (Å²) in [5.74, 6) is -0.176. The number of ether oxygens (including phenoxy) is 2. The molecule has 23 heavy (non-hydrogen) atoms. The van der Waals surface area contributed by atoms with Crippen molar-refractivity contribution in [2.24, 2.45) is 0 Å². The highest BCUT2D eigenvalue weighted by Gasteiger charge is 2.21. The molecule has 1 unspecified atom stereocenters. The number of rotatable bonds is 4. The third-order valence-electron chi connectivity index (χ3n) is 3.49. The van der Waals surface area contributed by atoms with Crippen LogP contribution in [0.25, 0.3) is 0 Å². The molecule has 1 aliphatic rings. The molecule has 2 heterocycles. The molecule has 1 amide bonds. The van der Waals surface area contributed by atoms with Crippen molar-refractivity contribution >= 4 is 17.7 Å². The Morgan fingerprint density at radius 2 is 2.04 bits per heavy atom. The number of nitrogens with zero attached hydrogens (tertiary/aromatic N) is 1. The van der Waals surface area contributed by atoms with Gasteiger partial charge >= 0.3 is 5.97 Å². The molecule has 0 saturated heterocycles. The van der Waals surface area contributed by atoms with E-state index in [0.717, 1.165) is 11.1 Å². The minimum absolute atomic E-state index is 0.282. The van der Waals surface area contributed by atoms with Crippen LogP contribution in [0.1, 0.15) is 34.2 Å². The number of anilines is 1. The minimum atomic E-state index is -0.955. The molecule has 1 N–H and O–H groups in total. The van der Waals surface area contributed by atoms with Crippen LogP contribution < -0.4 is 5.32 Å². The van der Waals surface area contributed by atoms with Crippen LogP contribution in [0, 0.1) is 6.92 Å². The Morgan fingerprint density at radius 3 is 2.78 bits per heavy atom. The van der Waals surface area contributed by atoms with E-state index in [1.165, 1.54) is 6.92 Å². The summed E-state index contributed by atoms with van der Waals surface area (Å²) in [6.07, 6.45) is -0.955. The lowest BCUT2D eigenvalue weighted by atomic mass is 10.1. The third kappa shape index (κ3) is 3.40. The van der Waals surface area contributed by atoms with Gasteiger partial charge in [-0.3, -0.25) is 4.79 Å². The van der Waals surface area contributed by atoms with Crippen molar-refractivity contribution in [2.45, 2.75) is 33.2 Å². The van der Waals surface area contributed by atoms with Gasteiger partial charge in [-0.15, -0.1) is 0 Å². The second-order valence-corrected chi connectivity index (χ2v) is 5.34.